The molecule has 2 aliphatic heterocycles. The van der Waals surface area contributed by atoms with Crippen molar-refractivity contribution >= 4 is 11.8 Å². The molecule has 6 nitrogen and oxygen atoms in total. The maximum Gasteiger partial charge on any atom is 0.255 e. The molecule has 1 atom stereocenters. The zero-order chi connectivity index (χ0) is 19.7. The third-order valence-corrected chi connectivity index (χ3v) is 5.13. The van der Waals surface area contributed by atoms with E-state index in [-0.39, 0.29) is 24.5 Å². The van der Waals surface area contributed by atoms with E-state index in [9.17, 15) is 9.59 Å². The molecule has 2 heterocycles. The molecule has 0 spiro atoms. The van der Waals surface area contributed by atoms with E-state index >= 15 is 0 Å². The van der Waals surface area contributed by atoms with Crippen molar-refractivity contribution in [1.82, 2.24) is 10.2 Å². The predicted molar refractivity (Wildman–Crippen MR) is 104 cm³/mol. The molecule has 0 aliphatic carbocycles. The van der Waals surface area contributed by atoms with Crippen molar-refractivity contribution in [3.05, 3.63) is 59.2 Å². The fraction of sp³-hybridized carbons (Fsp3) is 0.364. The van der Waals surface area contributed by atoms with Crippen LogP contribution in [0.4, 0.5) is 0 Å². The topological polar surface area (TPSA) is 67.9 Å². The van der Waals surface area contributed by atoms with Crippen LogP contribution in [0.3, 0.4) is 0 Å². The Hall–Kier alpha value is -3.02. The summed E-state index contributed by atoms with van der Waals surface area (Å²) in [6, 6.07) is 12.7. The molecule has 2 aromatic carbocycles. The Morgan fingerprint density at radius 2 is 1.93 bits per heavy atom. The van der Waals surface area contributed by atoms with Crippen LogP contribution in [0.15, 0.2) is 42.5 Å². The number of rotatable bonds is 6. The zero-order valence-corrected chi connectivity index (χ0v) is 16.1. The lowest BCUT2D eigenvalue weighted by Gasteiger charge is -2.28. The third-order valence-electron chi connectivity index (χ3n) is 5.13. The van der Waals surface area contributed by atoms with Crippen LogP contribution in [0.2, 0.25) is 0 Å². The van der Waals surface area contributed by atoms with Gasteiger partial charge in [-0.25, -0.2) is 0 Å². The van der Waals surface area contributed by atoms with E-state index in [0.29, 0.717) is 36.6 Å². The Balaban J connectivity index is 1.47. The molecule has 2 aromatic rings. The SMILES string of the molecule is CC(C)C[C@H](C(=O)NCc1ccc2c(c1)OCO2)N1Cc2ccccc2C1=O. The molecule has 0 bridgehead atoms. The van der Waals surface area contributed by atoms with E-state index in [1.807, 2.05) is 42.5 Å². The highest BCUT2D eigenvalue weighted by atomic mass is 16.7. The number of benzene rings is 2. The van der Waals surface area contributed by atoms with Crippen molar-refractivity contribution in [2.24, 2.45) is 5.92 Å². The van der Waals surface area contributed by atoms with Gasteiger partial charge in [-0.15, -0.1) is 0 Å². The van der Waals surface area contributed by atoms with Crippen LogP contribution < -0.4 is 14.8 Å². The van der Waals surface area contributed by atoms with Gasteiger partial charge >= 0.3 is 0 Å². The average molecular weight is 380 g/mol. The van der Waals surface area contributed by atoms with Gasteiger partial charge in [-0.1, -0.05) is 38.1 Å². The molecule has 0 aromatic heterocycles. The fourth-order valence-corrected chi connectivity index (χ4v) is 3.71. The van der Waals surface area contributed by atoms with E-state index in [1.165, 1.54) is 0 Å². The predicted octanol–water partition coefficient (Wildman–Crippen LogP) is 3.10. The van der Waals surface area contributed by atoms with Crippen molar-refractivity contribution in [1.29, 1.82) is 0 Å². The van der Waals surface area contributed by atoms with Gasteiger partial charge < -0.3 is 19.7 Å². The Labute approximate surface area is 164 Å². The average Bonchev–Trinajstić information content (AvgIpc) is 3.28. The fourth-order valence-electron chi connectivity index (χ4n) is 3.71. The Bertz CT molecular complexity index is 909. The number of nitrogens with one attached hydrogen (secondary N) is 1. The molecule has 4 rings (SSSR count). The van der Waals surface area contributed by atoms with E-state index < -0.39 is 6.04 Å². The molecule has 146 valence electrons. The number of ether oxygens (including phenoxy) is 2. The number of nitrogens with zero attached hydrogens (tertiary/aromatic N) is 1. The summed E-state index contributed by atoms with van der Waals surface area (Å²) in [6.07, 6.45) is 0.618. The molecule has 2 aliphatic rings. The quantitative estimate of drug-likeness (QED) is 0.836. The van der Waals surface area contributed by atoms with E-state index in [4.69, 9.17) is 9.47 Å². The molecule has 0 unspecified atom stereocenters. The lowest BCUT2D eigenvalue weighted by Crippen LogP contribution is -2.47. The summed E-state index contributed by atoms with van der Waals surface area (Å²) in [5.41, 5.74) is 2.60. The molecule has 0 saturated heterocycles. The molecule has 0 saturated carbocycles. The molecule has 6 heteroatoms. The van der Waals surface area contributed by atoms with Crippen molar-refractivity contribution in [2.75, 3.05) is 6.79 Å². The largest absolute Gasteiger partial charge is 0.454 e. The van der Waals surface area contributed by atoms with Crippen LogP contribution in [0.5, 0.6) is 11.5 Å². The van der Waals surface area contributed by atoms with Gasteiger partial charge in [0.15, 0.2) is 11.5 Å². The van der Waals surface area contributed by atoms with Gasteiger partial charge in [-0.2, -0.15) is 0 Å². The number of carbonyl (C=O) groups is 2. The van der Waals surface area contributed by atoms with E-state index in [2.05, 4.69) is 19.2 Å². The number of carbonyl (C=O) groups excluding carboxylic acids is 2. The Kier molecular flexibility index (Phi) is 4.94. The second-order valence-electron chi connectivity index (χ2n) is 7.64. The van der Waals surface area contributed by atoms with Gasteiger partial charge in [0.25, 0.3) is 5.91 Å². The minimum absolute atomic E-state index is 0.0699. The van der Waals surface area contributed by atoms with Gasteiger partial charge in [0.2, 0.25) is 12.7 Å². The maximum absolute atomic E-state index is 13.0. The third kappa shape index (κ3) is 3.54. The van der Waals surface area contributed by atoms with Gasteiger partial charge in [0.05, 0.1) is 0 Å². The normalized spacial score (nSPS) is 15.7. The monoisotopic (exact) mass is 380 g/mol. The van der Waals surface area contributed by atoms with Gasteiger partial charge in [-0.05, 0) is 41.7 Å². The molecule has 1 N–H and O–H groups in total. The number of hydrogen-bond acceptors (Lipinski definition) is 4. The van der Waals surface area contributed by atoms with Crippen LogP contribution in [-0.4, -0.2) is 29.5 Å². The minimum Gasteiger partial charge on any atom is -0.454 e. The number of amides is 2. The lowest BCUT2D eigenvalue weighted by molar-refractivity contribution is -0.126. The summed E-state index contributed by atoms with van der Waals surface area (Å²) in [5, 5.41) is 2.99. The summed E-state index contributed by atoms with van der Waals surface area (Å²) in [7, 11) is 0. The summed E-state index contributed by atoms with van der Waals surface area (Å²) < 4.78 is 10.7. The van der Waals surface area contributed by atoms with Gasteiger partial charge in [-0.3, -0.25) is 9.59 Å². The van der Waals surface area contributed by atoms with Crippen molar-refractivity contribution in [3.63, 3.8) is 0 Å². The second-order valence-corrected chi connectivity index (χ2v) is 7.64. The maximum atomic E-state index is 13.0. The van der Waals surface area contributed by atoms with Crippen molar-refractivity contribution in [2.45, 2.75) is 39.4 Å². The highest BCUT2D eigenvalue weighted by Crippen LogP contribution is 2.32. The smallest absolute Gasteiger partial charge is 0.255 e. The first-order chi connectivity index (χ1) is 13.5. The van der Waals surface area contributed by atoms with Crippen molar-refractivity contribution in [3.8, 4) is 11.5 Å². The van der Waals surface area contributed by atoms with Crippen LogP contribution in [-0.2, 0) is 17.9 Å². The molecule has 0 fully saturated rings. The van der Waals surface area contributed by atoms with Gasteiger partial charge in [0, 0.05) is 18.7 Å². The van der Waals surface area contributed by atoms with Gasteiger partial charge in [0.1, 0.15) is 6.04 Å². The second kappa shape index (κ2) is 7.54. The minimum atomic E-state index is -0.492. The first-order valence-electron chi connectivity index (χ1n) is 9.58. The number of hydrogen-bond donors (Lipinski definition) is 1. The highest BCUT2D eigenvalue weighted by Gasteiger charge is 2.36. The standard InChI is InChI=1S/C22H24N2O4/c1-14(2)9-18(24-12-16-5-3-4-6-17(16)22(24)26)21(25)23-11-15-7-8-19-20(10-15)28-13-27-19/h3-8,10,14,18H,9,11-13H2,1-2H3,(H,23,25)/t18-/m1/s1. The summed E-state index contributed by atoms with van der Waals surface area (Å²) in [6.45, 7) is 5.19. The molecule has 28 heavy (non-hydrogen) atoms. The highest BCUT2D eigenvalue weighted by molar-refractivity contribution is 6.01. The van der Waals surface area contributed by atoms with Crippen LogP contribution in [0.25, 0.3) is 0 Å². The molecular weight excluding hydrogens is 356 g/mol. The molecule has 2 amide bonds. The summed E-state index contributed by atoms with van der Waals surface area (Å²) in [4.78, 5) is 27.5. The Morgan fingerprint density at radius 1 is 1.14 bits per heavy atom. The first-order valence-corrected chi connectivity index (χ1v) is 9.58. The van der Waals surface area contributed by atoms with E-state index in [1.54, 1.807) is 4.90 Å². The van der Waals surface area contributed by atoms with Crippen LogP contribution >= 0.6 is 0 Å². The lowest BCUT2D eigenvalue weighted by atomic mass is 10.0. The first kappa shape index (κ1) is 18.3. The number of fused-ring (bicyclic) bond motifs is 2. The summed E-state index contributed by atoms with van der Waals surface area (Å²) >= 11 is 0. The molecule has 0 radical (unpaired) electrons. The van der Waals surface area contributed by atoms with Crippen molar-refractivity contribution < 1.29 is 19.1 Å². The summed E-state index contributed by atoms with van der Waals surface area (Å²) in [5.74, 6) is 1.49. The van der Waals surface area contributed by atoms with E-state index in [0.717, 1.165) is 11.1 Å². The van der Waals surface area contributed by atoms with Crippen LogP contribution in [0.1, 0.15) is 41.8 Å². The molecular formula is C22H24N2O4. The van der Waals surface area contributed by atoms with Crippen LogP contribution in [0, 0.1) is 5.92 Å². The zero-order valence-electron chi connectivity index (χ0n) is 16.1. The Morgan fingerprint density at radius 3 is 2.71 bits per heavy atom.